The topological polar surface area (TPSA) is 94.3 Å². The zero-order chi connectivity index (χ0) is 32.4. The van der Waals surface area contributed by atoms with Gasteiger partial charge in [0.2, 0.25) is 0 Å². The van der Waals surface area contributed by atoms with Gasteiger partial charge in [0.1, 0.15) is 36.5 Å². The molecule has 0 amide bonds. The summed E-state index contributed by atoms with van der Waals surface area (Å²) in [6.45, 7) is 4.73. The monoisotopic (exact) mass is 622 g/mol. The molecule has 0 bridgehead atoms. The highest BCUT2D eigenvalue weighted by molar-refractivity contribution is 5.73. The van der Waals surface area contributed by atoms with Crippen molar-refractivity contribution in [2.75, 3.05) is 6.54 Å². The lowest BCUT2D eigenvalue weighted by Gasteiger charge is -2.27. The molecule has 0 fully saturated rings. The molecule has 0 saturated carbocycles. The highest BCUT2D eigenvalue weighted by Crippen LogP contribution is 2.35. The molecular formula is C35H37F3N2O5. The third kappa shape index (κ3) is 10.5. The van der Waals surface area contributed by atoms with E-state index in [2.05, 4.69) is 4.74 Å². The molecule has 3 N–H and O–H groups in total. The van der Waals surface area contributed by atoms with Crippen LogP contribution >= 0.6 is 0 Å². The van der Waals surface area contributed by atoms with Gasteiger partial charge >= 0.3 is 12.3 Å². The molecule has 0 radical (unpaired) electrons. The summed E-state index contributed by atoms with van der Waals surface area (Å²) in [6.07, 6.45) is -4.87. The quantitative estimate of drug-likeness (QED) is 0.145. The fourth-order valence-corrected chi connectivity index (χ4v) is 4.88. The first-order valence-corrected chi connectivity index (χ1v) is 14.5. The van der Waals surface area contributed by atoms with Gasteiger partial charge in [-0.05, 0) is 49.6 Å². The second-order valence-electron chi connectivity index (χ2n) is 10.9. The van der Waals surface area contributed by atoms with Crippen LogP contribution in [0.3, 0.4) is 0 Å². The number of carbonyl (C=O) groups is 1. The fraction of sp³-hybridized carbons (Fsp3) is 0.286. The van der Waals surface area contributed by atoms with Crippen molar-refractivity contribution in [1.29, 1.82) is 0 Å². The second-order valence-corrected chi connectivity index (χ2v) is 10.9. The third-order valence-corrected chi connectivity index (χ3v) is 7.09. The lowest BCUT2D eigenvalue weighted by Crippen LogP contribution is -2.35. The summed E-state index contributed by atoms with van der Waals surface area (Å²) < 4.78 is 57.2. The summed E-state index contributed by atoms with van der Waals surface area (Å²) in [4.78, 5) is 13.3. The summed E-state index contributed by atoms with van der Waals surface area (Å²) in [6, 6.07) is 26.0. The standard InChI is InChI=1S/C35H37F3N2O5/c1-24-8-5-10-26(18-24)22-43-31-13-4-3-12-28(31)20-40(17-16-30(39)34(41)42)21-29-32(14-7-15-33(29)45-35(36,37)38)44-23-27-11-6-9-25(2)19-27/h3-15,18-19,30H,16-17,20-23,39H2,1-2H3,(H,41,42)/t30-/m0/s1. The lowest BCUT2D eigenvalue weighted by molar-refractivity contribution is -0.275. The van der Waals surface area contributed by atoms with Gasteiger partial charge < -0.3 is 25.1 Å². The number of carboxylic acid groups (broad SMARTS) is 1. The number of ether oxygens (including phenoxy) is 3. The van der Waals surface area contributed by atoms with Gasteiger partial charge in [0, 0.05) is 25.2 Å². The molecule has 4 rings (SSSR count). The number of halogens is 3. The number of aliphatic carboxylic acids is 1. The molecule has 0 unspecified atom stereocenters. The van der Waals surface area contributed by atoms with Gasteiger partial charge in [-0.2, -0.15) is 0 Å². The van der Waals surface area contributed by atoms with Crippen LogP contribution in [0, 0.1) is 13.8 Å². The number of nitrogens with two attached hydrogens (primary N) is 1. The Morgan fingerprint density at radius 3 is 1.96 bits per heavy atom. The number of para-hydroxylation sites is 1. The van der Waals surface area contributed by atoms with Crippen LogP contribution in [-0.2, 0) is 31.1 Å². The van der Waals surface area contributed by atoms with E-state index in [4.69, 9.17) is 15.2 Å². The zero-order valence-electron chi connectivity index (χ0n) is 25.2. The number of carboxylic acids is 1. The van der Waals surface area contributed by atoms with E-state index in [0.29, 0.717) is 12.4 Å². The lowest BCUT2D eigenvalue weighted by atomic mass is 10.1. The van der Waals surface area contributed by atoms with Crippen molar-refractivity contribution in [3.63, 3.8) is 0 Å². The smallest absolute Gasteiger partial charge is 0.489 e. The van der Waals surface area contributed by atoms with Crippen LogP contribution in [0.4, 0.5) is 13.2 Å². The van der Waals surface area contributed by atoms with E-state index >= 15 is 0 Å². The first-order valence-electron chi connectivity index (χ1n) is 14.5. The van der Waals surface area contributed by atoms with Gasteiger partial charge in [0.05, 0.1) is 5.56 Å². The molecule has 0 aliphatic heterocycles. The highest BCUT2D eigenvalue weighted by atomic mass is 19.4. The summed E-state index contributed by atoms with van der Waals surface area (Å²) in [5.74, 6) is -0.752. The molecule has 0 spiro atoms. The predicted octanol–water partition coefficient (Wildman–Crippen LogP) is 7.16. The van der Waals surface area contributed by atoms with Crippen molar-refractivity contribution in [3.05, 3.63) is 124 Å². The number of rotatable bonds is 15. The van der Waals surface area contributed by atoms with E-state index in [1.54, 1.807) is 6.07 Å². The van der Waals surface area contributed by atoms with Gasteiger partial charge in [-0.1, -0.05) is 83.9 Å². The molecule has 0 heterocycles. The second kappa shape index (κ2) is 15.5. The molecule has 4 aromatic carbocycles. The molecule has 4 aromatic rings. The maximum atomic E-state index is 13.5. The molecule has 45 heavy (non-hydrogen) atoms. The number of hydrogen-bond acceptors (Lipinski definition) is 6. The van der Waals surface area contributed by atoms with Gasteiger partial charge in [-0.15, -0.1) is 13.2 Å². The van der Waals surface area contributed by atoms with E-state index in [9.17, 15) is 23.1 Å². The molecule has 0 aromatic heterocycles. The number of nitrogens with zero attached hydrogens (tertiary/aromatic N) is 1. The first-order chi connectivity index (χ1) is 21.5. The Kier molecular flexibility index (Phi) is 11.5. The van der Waals surface area contributed by atoms with Crippen LogP contribution in [0.1, 0.15) is 39.8 Å². The SMILES string of the molecule is Cc1cccc(COc2ccccc2CN(CC[C@H](N)C(=O)O)Cc2c(OCc3cccc(C)c3)cccc2OC(F)(F)F)c1. The van der Waals surface area contributed by atoms with Gasteiger partial charge in [0.25, 0.3) is 0 Å². The highest BCUT2D eigenvalue weighted by Gasteiger charge is 2.33. The number of hydrogen-bond donors (Lipinski definition) is 2. The summed E-state index contributed by atoms with van der Waals surface area (Å²) in [5.41, 5.74) is 10.7. The number of alkyl halides is 3. The Morgan fingerprint density at radius 2 is 1.36 bits per heavy atom. The van der Waals surface area contributed by atoms with Crippen molar-refractivity contribution >= 4 is 5.97 Å². The minimum Gasteiger partial charge on any atom is -0.489 e. The van der Waals surface area contributed by atoms with E-state index in [1.165, 1.54) is 12.1 Å². The third-order valence-electron chi connectivity index (χ3n) is 7.09. The largest absolute Gasteiger partial charge is 0.573 e. The van der Waals surface area contributed by atoms with Crippen molar-refractivity contribution < 1.29 is 37.3 Å². The average molecular weight is 623 g/mol. The van der Waals surface area contributed by atoms with Crippen LogP contribution in [0.5, 0.6) is 17.2 Å². The van der Waals surface area contributed by atoms with Crippen LogP contribution < -0.4 is 19.9 Å². The summed E-state index contributed by atoms with van der Waals surface area (Å²) >= 11 is 0. The number of aryl methyl sites for hydroxylation is 2. The van der Waals surface area contributed by atoms with Crippen LogP contribution in [-0.4, -0.2) is 34.9 Å². The summed E-state index contributed by atoms with van der Waals surface area (Å²) in [7, 11) is 0. The normalized spacial score (nSPS) is 12.2. The van der Waals surface area contributed by atoms with Crippen molar-refractivity contribution in [1.82, 2.24) is 4.90 Å². The van der Waals surface area contributed by atoms with Crippen molar-refractivity contribution in [3.8, 4) is 17.2 Å². The van der Waals surface area contributed by atoms with Crippen LogP contribution in [0.15, 0.2) is 91.0 Å². The molecule has 0 aliphatic rings. The minimum atomic E-state index is -4.93. The van der Waals surface area contributed by atoms with E-state index < -0.39 is 24.1 Å². The van der Waals surface area contributed by atoms with Gasteiger partial charge in [0.15, 0.2) is 0 Å². The Labute approximate surface area is 261 Å². The average Bonchev–Trinajstić information content (AvgIpc) is 2.98. The maximum absolute atomic E-state index is 13.5. The van der Waals surface area contributed by atoms with Gasteiger partial charge in [-0.25, -0.2) is 0 Å². The van der Waals surface area contributed by atoms with E-state index in [-0.39, 0.29) is 44.0 Å². The molecule has 1 atom stereocenters. The first kappa shape index (κ1) is 33.4. The molecule has 10 heteroatoms. The van der Waals surface area contributed by atoms with Crippen LogP contribution in [0.25, 0.3) is 0 Å². The predicted molar refractivity (Wildman–Crippen MR) is 165 cm³/mol. The Bertz CT molecular complexity index is 1580. The Balaban J connectivity index is 1.64. The molecule has 0 saturated heterocycles. The fourth-order valence-electron chi connectivity index (χ4n) is 4.88. The van der Waals surface area contributed by atoms with Gasteiger partial charge in [-0.3, -0.25) is 9.69 Å². The Morgan fingerprint density at radius 1 is 0.800 bits per heavy atom. The van der Waals surface area contributed by atoms with Crippen LogP contribution in [0.2, 0.25) is 0 Å². The summed E-state index contributed by atoms with van der Waals surface area (Å²) in [5, 5.41) is 9.40. The molecular weight excluding hydrogens is 585 g/mol. The van der Waals surface area contributed by atoms with E-state index in [0.717, 1.165) is 27.8 Å². The molecule has 0 aliphatic carbocycles. The minimum absolute atomic E-state index is 0.0477. The zero-order valence-corrected chi connectivity index (χ0v) is 25.2. The van der Waals surface area contributed by atoms with Crippen molar-refractivity contribution in [2.24, 2.45) is 5.73 Å². The Hall–Kier alpha value is -4.54. The number of benzene rings is 4. The molecule has 7 nitrogen and oxygen atoms in total. The van der Waals surface area contributed by atoms with Crippen molar-refractivity contribution in [2.45, 2.75) is 59.0 Å². The maximum Gasteiger partial charge on any atom is 0.573 e. The van der Waals surface area contributed by atoms with E-state index in [1.807, 2.05) is 91.5 Å². The molecule has 238 valence electrons.